The molecule has 0 fully saturated rings. The molecule has 0 spiro atoms. The van der Waals surface area contributed by atoms with E-state index in [1.165, 1.54) is 9.88 Å². The van der Waals surface area contributed by atoms with Crippen LogP contribution in [0.1, 0.15) is 23.7 Å². The number of rotatable bonds is 5. The number of nitrogens with zero attached hydrogens (tertiary/aromatic N) is 4. The van der Waals surface area contributed by atoms with Crippen molar-refractivity contribution in [2.45, 2.75) is 33.2 Å². The molecule has 3 aromatic heterocycles. The molecule has 0 unspecified atom stereocenters. The summed E-state index contributed by atoms with van der Waals surface area (Å²) in [6, 6.07) is 2.58. The lowest BCUT2D eigenvalue weighted by molar-refractivity contribution is 0.670. The second-order valence-corrected chi connectivity index (χ2v) is 7.45. The zero-order chi connectivity index (χ0) is 14.8. The Morgan fingerprint density at radius 2 is 2.10 bits per heavy atom. The summed E-state index contributed by atoms with van der Waals surface area (Å²) in [6.07, 6.45) is 4.49. The molecule has 0 saturated heterocycles. The highest BCUT2D eigenvalue weighted by molar-refractivity contribution is 7.18. The molecule has 3 aromatic rings. The smallest absolute Gasteiger partial charge is 0.141 e. The van der Waals surface area contributed by atoms with Crippen LogP contribution in [0.4, 0.5) is 5.82 Å². The van der Waals surface area contributed by atoms with E-state index in [1.54, 1.807) is 29.0 Å². The van der Waals surface area contributed by atoms with Crippen LogP contribution in [0.3, 0.4) is 0 Å². The highest BCUT2D eigenvalue weighted by Crippen LogP contribution is 2.30. The Balaban J connectivity index is 1.91. The third-order valence-corrected chi connectivity index (χ3v) is 5.17. The van der Waals surface area contributed by atoms with Crippen LogP contribution in [0.5, 0.6) is 0 Å². The molecule has 0 saturated carbocycles. The topological polar surface area (TPSA) is 41.9 Å². The predicted octanol–water partition coefficient (Wildman–Crippen LogP) is 3.91. The Labute approximate surface area is 132 Å². The van der Waals surface area contributed by atoms with Gasteiger partial charge in [0.05, 0.1) is 10.4 Å². The number of thiazole rings is 1. The van der Waals surface area contributed by atoms with Crippen LogP contribution in [0.2, 0.25) is 0 Å². The van der Waals surface area contributed by atoms with Gasteiger partial charge < -0.3 is 4.90 Å². The van der Waals surface area contributed by atoms with E-state index in [1.807, 2.05) is 11.6 Å². The van der Waals surface area contributed by atoms with E-state index in [2.05, 4.69) is 46.7 Å². The minimum Gasteiger partial charge on any atom is -0.353 e. The van der Waals surface area contributed by atoms with Crippen LogP contribution >= 0.6 is 22.7 Å². The van der Waals surface area contributed by atoms with Crippen molar-refractivity contribution < 1.29 is 0 Å². The largest absolute Gasteiger partial charge is 0.353 e. The fraction of sp³-hybridized carbons (Fsp3) is 0.400. The van der Waals surface area contributed by atoms with Gasteiger partial charge >= 0.3 is 0 Å². The molecule has 0 aromatic carbocycles. The van der Waals surface area contributed by atoms with Crippen molar-refractivity contribution in [3.63, 3.8) is 0 Å². The lowest BCUT2D eigenvalue weighted by atomic mass is 10.2. The Morgan fingerprint density at radius 3 is 2.81 bits per heavy atom. The fourth-order valence-electron chi connectivity index (χ4n) is 2.39. The maximum Gasteiger partial charge on any atom is 0.141 e. The lowest BCUT2D eigenvalue weighted by Gasteiger charge is -2.28. The molecule has 0 aliphatic heterocycles. The molecular weight excluding hydrogens is 300 g/mol. The normalized spacial score (nSPS) is 11.4. The summed E-state index contributed by atoms with van der Waals surface area (Å²) in [5.74, 6) is 1.04. The van der Waals surface area contributed by atoms with Crippen LogP contribution in [-0.4, -0.2) is 27.5 Å². The Bertz CT molecular complexity index is 718. The zero-order valence-electron chi connectivity index (χ0n) is 12.4. The van der Waals surface area contributed by atoms with Gasteiger partial charge in [-0.05, 0) is 26.8 Å². The number of hydrogen-bond donors (Lipinski definition) is 0. The van der Waals surface area contributed by atoms with Crippen LogP contribution in [0.25, 0.3) is 10.2 Å². The summed E-state index contributed by atoms with van der Waals surface area (Å²) in [7, 11) is 0. The third kappa shape index (κ3) is 3.06. The summed E-state index contributed by atoms with van der Waals surface area (Å²) in [5, 5.41) is 4.36. The number of fused-ring (bicyclic) bond motifs is 1. The molecule has 110 valence electrons. The van der Waals surface area contributed by atoms with Gasteiger partial charge in [0, 0.05) is 35.5 Å². The van der Waals surface area contributed by atoms with E-state index in [0.29, 0.717) is 6.04 Å². The van der Waals surface area contributed by atoms with Crippen molar-refractivity contribution in [3.8, 4) is 0 Å². The van der Waals surface area contributed by atoms with Crippen LogP contribution < -0.4 is 4.90 Å². The highest BCUT2D eigenvalue weighted by Gasteiger charge is 2.17. The predicted molar refractivity (Wildman–Crippen MR) is 90.5 cm³/mol. The van der Waals surface area contributed by atoms with Gasteiger partial charge in [-0.15, -0.1) is 22.7 Å². The first-order valence-corrected chi connectivity index (χ1v) is 8.71. The van der Waals surface area contributed by atoms with Crippen molar-refractivity contribution in [3.05, 3.63) is 33.9 Å². The monoisotopic (exact) mass is 318 g/mol. The lowest BCUT2D eigenvalue weighted by Crippen LogP contribution is -2.33. The summed E-state index contributed by atoms with van der Waals surface area (Å²) < 4.78 is 0. The standard InChI is InChI=1S/C15H18N4S2/c1-10(2)19(6-4-13-16-5-7-20-13)14-12-8-11(3)21-15(12)18-9-17-14/h5,7-10H,4,6H2,1-3H3. The number of hydrogen-bond acceptors (Lipinski definition) is 6. The summed E-state index contributed by atoms with van der Waals surface area (Å²) >= 11 is 3.43. The molecule has 3 rings (SSSR count). The minimum absolute atomic E-state index is 0.392. The van der Waals surface area contributed by atoms with E-state index in [4.69, 9.17) is 0 Å². The summed E-state index contributed by atoms with van der Waals surface area (Å²) in [4.78, 5) is 18.0. The van der Waals surface area contributed by atoms with E-state index in [9.17, 15) is 0 Å². The molecule has 21 heavy (non-hydrogen) atoms. The SMILES string of the molecule is Cc1cc2c(N(CCc3nccs3)C(C)C)ncnc2s1. The molecule has 0 bridgehead atoms. The van der Waals surface area contributed by atoms with Crippen molar-refractivity contribution in [1.82, 2.24) is 15.0 Å². The molecule has 0 atom stereocenters. The first kappa shape index (κ1) is 14.4. The van der Waals surface area contributed by atoms with Gasteiger partial charge in [-0.25, -0.2) is 15.0 Å². The van der Waals surface area contributed by atoms with Gasteiger partial charge in [0.25, 0.3) is 0 Å². The van der Waals surface area contributed by atoms with Crippen LogP contribution in [-0.2, 0) is 6.42 Å². The van der Waals surface area contributed by atoms with Gasteiger partial charge in [0.1, 0.15) is 17.0 Å². The summed E-state index contributed by atoms with van der Waals surface area (Å²) in [5.41, 5.74) is 0. The van der Waals surface area contributed by atoms with Gasteiger partial charge in [0.15, 0.2) is 0 Å². The number of aromatic nitrogens is 3. The molecule has 0 aliphatic carbocycles. The average molecular weight is 318 g/mol. The van der Waals surface area contributed by atoms with E-state index in [-0.39, 0.29) is 0 Å². The van der Waals surface area contributed by atoms with Gasteiger partial charge in [-0.2, -0.15) is 0 Å². The van der Waals surface area contributed by atoms with Crippen molar-refractivity contribution in [2.24, 2.45) is 0 Å². The Hall–Kier alpha value is -1.53. The molecule has 0 aliphatic rings. The van der Waals surface area contributed by atoms with Crippen LogP contribution in [0, 0.1) is 6.92 Å². The first-order valence-electron chi connectivity index (χ1n) is 7.01. The Morgan fingerprint density at radius 1 is 1.24 bits per heavy atom. The van der Waals surface area contributed by atoms with E-state index < -0.39 is 0 Å². The first-order chi connectivity index (χ1) is 10.1. The molecule has 0 radical (unpaired) electrons. The molecule has 0 amide bonds. The quantitative estimate of drug-likeness (QED) is 0.715. The van der Waals surface area contributed by atoms with Crippen molar-refractivity contribution in [2.75, 3.05) is 11.4 Å². The van der Waals surface area contributed by atoms with Crippen molar-refractivity contribution in [1.29, 1.82) is 0 Å². The molecule has 4 nitrogen and oxygen atoms in total. The second-order valence-electron chi connectivity index (χ2n) is 5.24. The van der Waals surface area contributed by atoms with Crippen LogP contribution in [0.15, 0.2) is 24.0 Å². The maximum absolute atomic E-state index is 4.55. The van der Waals surface area contributed by atoms with Crippen molar-refractivity contribution >= 4 is 38.7 Å². The maximum atomic E-state index is 4.55. The Kier molecular flexibility index (Phi) is 4.17. The number of thiophene rings is 1. The fourth-order valence-corrected chi connectivity index (χ4v) is 3.85. The molecule has 6 heteroatoms. The van der Waals surface area contributed by atoms with Gasteiger partial charge in [-0.3, -0.25) is 0 Å². The summed E-state index contributed by atoms with van der Waals surface area (Å²) in [6.45, 7) is 7.45. The van der Waals surface area contributed by atoms with E-state index >= 15 is 0 Å². The molecule has 0 N–H and O–H groups in total. The molecular formula is C15H18N4S2. The van der Waals surface area contributed by atoms with Gasteiger partial charge in [0.2, 0.25) is 0 Å². The number of anilines is 1. The zero-order valence-corrected chi connectivity index (χ0v) is 14.0. The second kappa shape index (κ2) is 6.07. The highest BCUT2D eigenvalue weighted by atomic mass is 32.1. The van der Waals surface area contributed by atoms with Gasteiger partial charge in [-0.1, -0.05) is 0 Å². The minimum atomic E-state index is 0.392. The number of aryl methyl sites for hydroxylation is 1. The van der Waals surface area contributed by atoms with E-state index in [0.717, 1.165) is 29.0 Å². The third-order valence-electron chi connectivity index (χ3n) is 3.38. The average Bonchev–Trinajstić information content (AvgIpc) is 3.06. The molecule has 3 heterocycles.